The predicted octanol–water partition coefficient (Wildman–Crippen LogP) is 3.28. The highest BCUT2D eigenvalue weighted by Crippen LogP contribution is 2.30. The van der Waals surface area contributed by atoms with Crippen molar-refractivity contribution in [2.45, 2.75) is 18.1 Å². The minimum atomic E-state index is -3.68. The van der Waals surface area contributed by atoms with Crippen LogP contribution in [0.1, 0.15) is 11.3 Å². The molecule has 0 saturated carbocycles. The van der Waals surface area contributed by atoms with E-state index in [-0.39, 0.29) is 8.68 Å². The van der Waals surface area contributed by atoms with E-state index in [2.05, 4.69) is 9.71 Å². The van der Waals surface area contributed by atoms with Gasteiger partial charge in [-0.3, -0.25) is 4.72 Å². The summed E-state index contributed by atoms with van der Waals surface area (Å²) in [5.74, 6) is 0. The Labute approximate surface area is 133 Å². The maximum Gasteiger partial charge on any atom is 0.273 e. The second kappa shape index (κ2) is 5.82. The summed E-state index contributed by atoms with van der Waals surface area (Å²) in [6.45, 7) is 3.60. The molecule has 21 heavy (non-hydrogen) atoms. The summed E-state index contributed by atoms with van der Waals surface area (Å²) in [5.41, 5.74) is 2.93. The third kappa shape index (κ3) is 3.48. The van der Waals surface area contributed by atoms with Crippen LogP contribution in [0.15, 0.2) is 22.4 Å². The number of aromatic nitrogens is 1. The first-order valence-electron chi connectivity index (χ1n) is 6.14. The van der Waals surface area contributed by atoms with Crippen molar-refractivity contribution >= 4 is 44.3 Å². The fraction of sp³-hybridized carbons (Fsp3) is 0.308. The minimum absolute atomic E-state index is 0.138. The standard InChI is InChI=1S/C13H16ClN3O2S2/c1-8-5-6-10(7-11(8)17(3)4)16-21(18,19)12-9(2)15-13(14)20-12/h5-7,16H,1-4H3. The van der Waals surface area contributed by atoms with Crippen LogP contribution in [0.5, 0.6) is 0 Å². The van der Waals surface area contributed by atoms with Gasteiger partial charge in [0.1, 0.15) is 0 Å². The van der Waals surface area contributed by atoms with Gasteiger partial charge in [-0.05, 0) is 31.5 Å². The second-order valence-electron chi connectivity index (χ2n) is 4.84. The van der Waals surface area contributed by atoms with Gasteiger partial charge in [-0.15, -0.1) is 0 Å². The Kier molecular flexibility index (Phi) is 4.46. The molecular formula is C13H16ClN3O2S2. The van der Waals surface area contributed by atoms with Crippen LogP contribution >= 0.6 is 22.9 Å². The van der Waals surface area contributed by atoms with Gasteiger partial charge in [0.05, 0.1) is 11.4 Å². The zero-order valence-electron chi connectivity index (χ0n) is 12.1. The molecule has 0 fully saturated rings. The Hall–Kier alpha value is -1.31. The van der Waals surface area contributed by atoms with Crippen LogP contribution in [-0.4, -0.2) is 27.5 Å². The fourth-order valence-electron chi connectivity index (χ4n) is 1.96. The summed E-state index contributed by atoms with van der Waals surface area (Å²) < 4.78 is 27.7. The maximum atomic E-state index is 12.4. The number of nitrogens with zero attached hydrogens (tertiary/aromatic N) is 2. The van der Waals surface area contributed by atoms with Crippen molar-refractivity contribution in [3.05, 3.63) is 33.9 Å². The van der Waals surface area contributed by atoms with E-state index in [1.807, 2.05) is 32.0 Å². The van der Waals surface area contributed by atoms with Crippen molar-refractivity contribution in [3.8, 4) is 0 Å². The van der Waals surface area contributed by atoms with E-state index in [1.165, 1.54) is 0 Å². The first-order valence-corrected chi connectivity index (χ1v) is 8.82. The van der Waals surface area contributed by atoms with Crippen molar-refractivity contribution in [1.82, 2.24) is 4.98 Å². The molecule has 0 saturated heterocycles. The van der Waals surface area contributed by atoms with Crippen molar-refractivity contribution in [2.24, 2.45) is 0 Å². The molecule has 0 radical (unpaired) electrons. The molecule has 0 aliphatic carbocycles. The van der Waals surface area contributed by atoms with Crippen LogP contribution in [0.25, 0.3) is 0 Å². The molecule has 1 aromatic heterocycles. The summed E-state index contributed by atoms with van der Waals surface area (Å²) in [7, 11) is 0.145. The smallest absolute Gasteiger partial charge is 0.273 e. The normalized spacial score (nSPS) is 11.5. The largest absolute Gasteiger partial charge is 0.377 e. The van der Waals surface area contributed by atoms with Crippen LogP contribution in [0, 0.1) is 13.8 Å². The molecule has 1 N–H and O–H groups in total. The summed E-state index contributed by atoms with van der Waals surface area (Å²) in [6, 6.07) is 5.41. The minimum Gasteiger partial charge on any atom is -0.377 e. The van der Waals surface area contributed by atoms with E-state index in [9.17, 15) is 8.42 Å². The second-order valence-corrected chi connectivity index (χ2v) is 8.30. The number of hydrogen-bond donors (Lipinski definition) is 1. The van der Waals surface area contributed by atoms with Gasteiger partial charge >= 0.3 is 0 Å². The molecule has 0 atom stereocenters. The maximum absolute atomic E-state index is 12.4. The van der Waals surface area contributed by atoms with Gasteiger partial charge in [0.2, 0.25) is 0 Å². The molecule has 114 valence electrons. The van der Waals surface area contributed by atoms with Crippen LogP contribution in [0.2, 0.25) is 4.47 Å². The number of halogens is 1. The molecule has 2 aromatic rings. The van der Waals surface area contributed by atoms with E-state index in [0.29, 0.717) is 11.4 Å². The van der Waals surface area contributed by atoms with Gasteiger partial charge in [0.15, 0.2) is 8.68 Å². The van der Waals surface area contributed by atoms with Gasteiger partial charge < -0.3 is 4.90 Å². The molecule has 5 nitrogen and oxygen atoms in total. The zero-order valence-corrected chi connectivity index (χ0v) is 14.5. The monoisotopic (exact) mass is 345 g/mol. The summed E-state index contributed by atoms with van der Waals surface area (Å²) in [4.78, 5) is 5.87. The number of sulfonamides is 1. The van der Waals surface area contributed by atoms with E-state index < -0.39 is 10.0 Å². The first-order chi connectivity index (χ1) is 9.70. The summed E-state index contributed by atoms with van der Waals surface area (Å²) in [6.07, 6.45) is 0. The lowest BCUT2D eigenvalue weighted by atomic mass is 10.2. The summed E-state index contributed by atoms with van der Waals surface area (Å²) >= 11 is 6.72. The van der Waals surface area contributed by atoms with Gasteiger partial charge in [-0.2, -0.15) is 0 Å². The van der Waals surface area contributed by atoms with E-state index >= 15 is 0 Å². The molecule has 1 aromatic carbocycles. The molecule has 0 aliphatic heterocycles. The Morgan fingerprint density at radius 1 is 1.29 bits per heavy atom. The lowest BCUT2D eigenvalue weighted by Crippen LogP contribution is -2.14. The molecular weight excluding hydrogens is 330 g/mol. The van der Waals surface area contributed by atoms with E-state index in [4.69, 9.17) is 11.6 Å². The highest BCUT2D eigenvalue weighted by atomic mass is 35.5. The highest BCUT2D eigenvalue weighted by Gasteiger charge is 2.21. The Balaban J connectivity index is 2.37. The zero-order chi connectivity index (χ0) is 15.8. The number of anilines is 2. The average Bonchev–Trinajstić information content (AvgIpc) is 2.71. The van der Waals surface area contributed by atoms with Crippen molar-refractivity contribution in [1.29, 1.82) is 0 Å². The number of hydrogen-bond acceptors (Lipinski definition) is 5. The SMILES string of the molecule is Cc1ccc(NS(=O)(=O)c2sc(Cl)nc2C)cc1N(C)C. The Morgan fingerprint density at radius 3 is 2.48 bits per heavy atom. The molecule has 0 amide bonds. The first kappa shape index (κ1) is 16.1. The van der Waals surface area contributed by atoms with Gasteiger partial charge in [0, 0.05) is 19.8 Å². The fourth-order valence-corrected chi connectivity index (χ4v) is 4.75. The third-order valence-electron chi connectivity index (χ3n) is 2.92. The van der Waals surface area contributed by atoms with E-state index in [0.717, 1.165) is 22.6 Å². The molecule has 0 bridgehead atoms. The quantitative estimate of drug-likeness (QED) is 0.923. The van der Waals surface area contributed by atoms with Crippen molar-refractivity contribution in [2.75, 3.05) is 23.7 Å². The van der Waals surface area contributed by atoms with Crippen molar-refractivity contribution in [3.63, 3.8) is 0 Å². The molecule has 8 heteroatoms. The lowest BCUT2D eigenvalue weighted by molar-refractivity contribution is 0.602. The van der Waals surface area contributed by atoms with Crippen LogP contribution in [0.3, 0.4) is 0 Å². The van der Waals surface area contributed by atoms with Crippen LogP contribution in [0.4, 0.5) is 11.4 Å². The number of benzene rings is 1. The third-order valence-corrected chi connectivity index (χ3v) is 6.17. The number of aryl methyl sites for hydroxylation is 2. The Bertz CT molecular complexity index is 770. The summed E-state index contributed by atoms with van der Waals surface area (Å²) in [5, 5.41) is 0. The van der Waals surface area contributed by atoms with Crippen LogP contribution in [-0.2, 0) is 10.0 Å². The molecule has 2 rings (SSSR count). The predicted molar refractivity (Wildman–Crippen MR) is 88.2 cm³/mol. The van der Waals surface area contributed by atoms with Crippen LogP contribution < -0.4 is 9.62 Å². The number of rotatable bonds is 4. The molecule has 0 unspecified atom stereocenters. The van der Waals surface area contributed by atoms with Gasteiger partial charge in [0.25, 0.3) is 10.0 Å². The molecule has 1 heterocycles. The molecule has 0 spiro atoms. The van der Waals surface area contributed by atoms with E-state index in [1.54, 1.807) is 19.1 Å². The van der Waals surface area contributed by atoms with Crippen molar-refractivity contribution < 1.29 is 8.42 Å². The topological polar surface area (TPSA) is 62.3 Å². The average molecular weight is 346 g/mol. The highest BCUT2D eigenvalue weighted by molar-refractivity contribution is 7.94. The number of thiazole rings is 1. The number of nitrogens with one attached hydrogen (secondary N) is 1. The lowest BCUT2D eigenvalue weighted by Gasteiger charge is -2.17. The van der Waals surface area contributed by atoms with Gasteiger partial charge in [-0.1, -0.05) is 29.0 Å². The molecule has 0 aliphatic rings. The van der Waals surface area contributed by atoms with Gasteiger partial charge in [-0.25, -0.2) is 13.4 Å². The Morgan fingerprint density at radius 2 is 1.95 bits per heavy atom.